The van der Waals surface area contributed by atoms with Gasteiger partial charge in [0.25, 0.3) is 0 Å². The van der Waals surface area contributed by atoms with Crippen molar-refractivity contribution in [3.63, 3.8) is 0 Å². The zero-order chi connectivity index (χ0) is 26.8. The van der Waals surface area contributed by atoms with Gasteiger partial charge in [-0.3, -0.25) is 19.4 Å². The Hall–Kier alpha value is -3.16. The topological polar surface area (TPSA) is 94.9 Å². The monoisotopic (exact) mass is 512 g/mol. The molecule has 0 saturated heterocycles. The number of pyridine rings is 1. The average Bonchev–Trinajstić information content (AvgIpc) is 3.36. The van der Waals surface area contributed by atoms with Crippen LogP contribution in [0.4, 0.5) is 4.39 Å². The van der Waals surface area contributed by atoms with E-state index in [4.69, 9.17) is 9.57 Å². The van der Waals surface area contributed by atoms with Gasteiger partial charge in [0.2, 0.25) is 5.60 Å². The summed E-state index contributed by atoms with van der Waals surface area (Å²) in [5.74, 6) is -3.17. The van der Waals surface area contributed by atoms with Crippen molar-refractivity contribution < 1.29 is 28.3 Å². The third-order valence-electron chi connectivity index (χ3n) is 7.04. The smallest absolute Gasteiger partial charge is 0.306 e. The zero-order valence-electron chi connectivity index (χ0n) is 22.0. The van der Waals surface area contributed by atoms with Crippen molar-refractivity contribution in [1.82, 2.24) is 4.98 Å². The fraction of sp³-hybridized carbons (Fsp3) is 0.552. The van der Waals surface area contributed by atoms with E-state index < -0.39 is 29.9 Å². The summed E-state index contributed by atoms with van der Waals surface area (Å²) in [6, 6.07) is 9.63. The van der Waals surface area contributed by atoms with Crippen molar-refractivity contribution in [2.45, 2.75) is 77.7 Å². The number of alkyl halides is 1. The highest BCUT2D eigenvalue weighted by Crippen LogP contribution is 2.37. The van der Waals surface area contributed by atoms with Gasteiger partial charge < -0.3 is 9.57 Å². The van der Waals surface area contributed by atoms with Crippen molar-refractivity contribution in [2.24, 2.45) is 17.0 Å². The lowest BCUT2D eigenvalue weighted by molar-refractivity contribution is -0.152. The molecule has 0 aliphatic carbocycles. The number of oxime groups is 1. The van der Waals surface area contributed by atoms with E-state index >= 15 is 0 Å². The van der Waals surface area contributed by atoms with E-state index in [1.165, 1.54) is 0 Å². The number of carbonyl (C=O) groups is 3. The number of rotatable bonds is 15. The van der Waals surface area contributed by atoms with Crippen LogP contribution in [-0.2, 0) is 24.0 Å². The van der Waals surface area contributed by atoms with Gasteiger partial charge in [-0.15, -0.1) is 0 Å². The molecule has 8 heteroatoms. The van der Waals surface area contributed by atoms with Gasteiger partial charge in [0, 0.05) is 36.3 Å². The highest BCUT2D eigenvalue weighted by molar-refractivity contribution is 6.12. The van der Waals surface area contributed by atoms with Crippen LogP contribution in [-0.4, -0.2) is 47.1 Å². The Kier molecular flexibility index (Phi) is 10.3. The number of nitrogens with zero attached hydrogens (tertiary/aromatic N) is 2. The van der Waals surface area contributed by atoms with E-state index in [1.54, 1.807) is 6.20 Å². The lowest BCUT2D eigenvalue weighted by Crippen LogP contribution is -2.45. The first-order valence-corrected chi connectivity index (χ1v) is 13.2. The molecule has 0 bridgehead atoms. The number of ketones is 2. The number of carbonyl (C=O) groups excluding carboxylic acids is 3. The first-order chi connectivity index (χ1) is 17.8. The summed E-state index contributed by atoms with van der Waals surface area (Å²) < 4.78 is 18.6. The third kappa shape index (κ3) is 6.99. The van der Waals surface area contributed by atoms with Gasteiger partial charge in [-0.1, -0.05) is 75.9 Å². The molecule has 0 saturated carbocycles. The van der Waals surface area contributed by atoms with Crippen LogP contribution in [0.1, 0.15) is 77.8 Å². The van der Waals surface area contributed by atoms with Crippen LogP contribution < -0.4 is 0 Å². The molecule has 2 aromatic rings. The van der Waals surface area contributed by atoms with Crippen LogP contribution in [0.5, 0.6) is 0 Å². The molecule has 1 aromatic heterocycles. The van der Waals surface area contributed by atoms with Crippen molar-refractivity contribution in [1.29, 1.82) is 0 Å². The number of unbranched alkanes of at least 4 members (excludes halogenated alkanes) is 4. The second-order valence-electron chi connectivity index (χ2n) is 9.99. The molecule has 0 amide bonds. The van der Waals surface area contributed by atoms with Gasteiger partial charge in [-0.2, -0.15) is 0 Å². The number of ether oxygens (including phenoxy) is 1. The molecule has 0 unspecified atom stereocenters. The predicted molar refractivity (Wildman–Crippen MR) is 140 cm³/mol. The van der Waals surface area contributed by atoms with Crippen LogP contribution in [0.3, 0.4) is 0 Å². The summed E-state index contributed by atoms with van der Waals surface area (Å²) in [5.41, 5.74) is -0.159. The number of hydrogen-bond acceptors (Lipinski definition) is 7. The molecule has 1 aliphatic rings. The van der Waals surface area contributed by atoms with Crippen molar-refractivity contribution in [3.05, 3.63) is 42.2 Å². The first kappa shape index (κ1) is 28.4. The van der Waals surface area contributed by atoms with Crippen molar-refractivity contribution in [2.75, 3.05) is 13.3 Å². The number of benzene rings is 1. The molecular formula is C29H37FN2O5. The largest absolute Gasteiger partial charge is 0.466 e. The van der Waals surface area contributed by atoms with Crippen LogP contribution in [0, 0.1) is 11.8 Å². The van der Waals surface area contributed by atoms with Gasteiger partial charge in [-0.25, -0.2) is 4.39 Å². The zero-order valence-corrected chi connectivity index (χ0v) is 22.0. The third-order valence-corrected chi connectivity index (χ3v) is 7.04. The summed E-state index contributed by atoms with van der Waals surface area (Å²) in [5, 5.41) is 6.12. The molecule has 0 N–H and O–H groups in total. The maximum Gasteiger partial charge on any atom is 0.306 e. The highest BCUT2D eigenvalue weighted by Gasteiger charge is 2.50. The Morgan fingerprint density at radius 2 is 1.84 bits per heavy atom. The van der Waals surface area contributed by atoms with Gasteiger partial charge in [0.05, 0.1) is 18.7 Å². The van der Waals surface area contributed by atoms with Crippen LogP contribution >= 0.6 is 0 Å². The molecular weight excluding hydrogens is 475 g/mol. The maximum atomic E-state index is 13.6. The fourth-order valence-corrected chi connectivity index (χ4v) is 4.66. The summed E-state index contributed by atoms with van der Waals surface area (Å²) >= 11 is 0. The summed E-state index contributed by atoms with van der Waals surface area (Å²) in [6.07, 6.45) is 6.20. The van der Waals surface area contributed by atoms with Gasteiger partial charge in [-0.05, 0) is 17.9 Å². The van der Waals surface area contributed by atoms with Crippen LogP contribution in [0.25, 0.3) is 10.8 Å². The SMILES string of the molecule is CCCCCCCOC(=O)C[C@H](CC(=O)[C@]1(C(C)C)CC(c2nccc3ccccc23)=NO1)C(=O)CF. The van der Waals surface area contributed by atoms with Crippen LogP contribution in [0.2, 0.25) is 0 Å². The van der Waals surface area contributed by atoms with E-state index in [-0.39, 0.29) is 37.6 Å². The standard InChI is InChI=1S/C29H37FN2O5/c1-4-5-6-7-10-15-36-27(35)17-22(25(33)19-30)16-26(34)29(20(2)3)18-24(32-37-29)28-23-12-9-8-11-21(23)13-14-31-28/h8-9,11-14,20,22H,4-7,10,15-19H2,1-3H3/t22-,29+/m0/s1. The lowest BCUT2D eigenvalue weighted by atomic mass is 9.77. The molecule has 1 aromatic carbocycles. The minimum Gasteiger partial charge on any atom is -0.466 e. The van der Waals surface area contributed by atoms with E-state index in [0.29, 0.717) is 11.4 Å². The molecule has 7 nitrogen and oxygen atoms in total. The molecule has 200 valence electrons. The minimum absolute atomic E-state index is 0.170. The Labute approximate surface area is 217 Å². The van der Waals surface area contributed by atoms with E-state index in [0.717, 1.165) is 42.9 Å². The average molecular weight is 513 g/mol. The van der Waals surface area contributed by atoms with E-state index in [9.17, 15) is 18.8 Å². The number of aromatic nitrogens is 1. The number of halogens is 1. The predicted octanol–water partition coefficient (Wildman–Crippen LogP) is 5.77. The first-order valence-electron chi connectivity index (χ1n) is 13.2. The number of hydrogen-bond donors (Lipinski definition) is 0. The summed E-state index contributed by atoms with van der Waals surface area (Å²) in [4.78, 5) is 48.6. The Morgan fingerprint density at radius 3 is 2.57 bits per heavy atom. The molecule has 2 atom stereocenters. The van der Waals surface area contributed by atoms with Gasteiger partial charge in [0.1, 0.15) is 12.4 Å². The molecule has 0 spiro atoms. The molecule has 0 fully saturated rings. The molecule has 1 aliphatic heterocycles. The Morgan fingerprint density at radius 1 is 1.08 bits per heavy atom. The second kappa shape index (κ2) is 13.4. The van der Waals surface area contributed by atoms with Gasteiger partial charge in [0.15, 0.2) is 11.6 Å². The van der Waals surface area contributed by atoms with Crippen LogP contribution in [0.15, 0.2) is 41.7 Å². The Bertz CT molecular complexity index is 1130. The van der Waals surface area contributed by atoms with E-state index in [2.05, 4.69) is 17.1 Å². The number of fused-ring (bicyclic) bond motifs is 1. The quantitative estimate of drug-likeness (QED) is 0.222. The molecule has 2 heterocycles. The molecule has 37 heavy (non-hydrogen) atoms. The Balaban J connectivity index is 1.68. The normalized spacial score (nSPS) is 17.9. The second-order valence-corrected chi connectivity index (χ2v) is 9.99. The number of Topliss-reactive ketones (excluding diaryl/α,β-unsaturated/α-hetero) is 2. The molecule has 3 rings (SSSR count). The maximum absolute atomic E-state index is 13.6. The minimum atomic E-state index is -1.33. The van der Waals surface area contributed by atoms with Crippen molar-refractivity contribution in [3.8, 4) is 0 Å². The summed E-state index contributed by atoms with van der Waals surface area (Å²) in [6.45, 7) is 4.80. The van der Waals surface area contributed by atoms with Gasteiger partial charge >= 0.3 is 5.97 Å². The van der Waals surface area contributed by atoms with Crippen molar-refractivity contribution >= 4 is 34.0 Å². The highest BCUT2D eigenvalue weighted by atomic mass is 19.1. The van der Waals surface area contributed by atoms with E-state index in [1.807, 2.05) is 44.2 Å². The fourth-order valence-electron chi connectivity index (χ4n) is 4.66. The lowest BCUT2D eigenvalue weighted by Gasteiger charge is -2.30. The summed E-state index contributed by atoms with van der Waals surface area (Å²) in [7, 11) is 0. The number of esters is 1. The molecule has 0 radical (unpaired) electrons.